The molecule has 0 bridgehead atoms. The van der Waals surface area contributed by atoms with Gasteiger partial charge in [0, 0.05) is 17.6 Å². The van der Waals surface area contributed by atoms with Gasteiger partial charge in [-0.2, -0.15) is 0 Å². The van der Waals surface area contributed by atoms with Gasteiger partial charge in [0.15, 0.2) is 15.5 Å². The molecular formula is C17H19ClN4O3S. The Morgan fingerprint density at radius 1 is 1.23 bits per heavy atom. The van der Waals surface area contributed by atoms with Crippen LogP contribution in [0.4, 0.5) is 5.82 Å². The molecule has 1 unspecified atom stereocenters. The Hall–Kier alpha value is -2.19. The Bertz CT molecular complexity index is 887. The Morgan fingerprint density at radius 3 is 2.73 bits per heavy atom. The minimum absolute atomic E-state index is 0.0185. The maximum Gasteiger partial charge on any atom is 0.272 e. The molecule has 0 radical (unpaired) electrons. The topological polar surface area (TPSA) is 101 Å². The molecule has 1 fully saturated rings. The molecule has 1 aliphatic rings. The summed E-state index contributed by atoms with van der Waals surface area (Å²) in [6, 6.07) is 10.5. The average molecular weight is 395 g/mol. The molecule has 0 aliphatic carbocycles. The summed E-state index contributed by atoms with van der Waals surface area (Å²) in [5, 5.41) is 14.4. The monoisotopic (exact) mass is 394 g/mol. The lowest BCUT2D eigenvalue weighted by molar-refractivity contribution is 0.0935. The number of anilines is 1. The molecular weight excluding hydrogens is 376 g/mol. The van der Waals surface area contributed by atoms with Crippen molar-refractivity contribution >= 4 is 33.2 Å². The molecule has 1 atom stereocenters. The zero-order valence-electron chi connectivity index (χ0n) is 14.0. The summed E-state index contributed by atoms with van der Waals surface area (Å²) in [6.07, 6.45) is 1.21. The second-order valence-corrected chi connectivity index (χ2v) is 8.85. The molecule has 2 N–H and O–H groups in total. The average Bonchev–Trinajstić information content (AvgIpc) is 2.94. The first-order valence-corrected chi connectivity index (χ1v) is 10.4. The number of carbonyl (C=O) groups is 1. The van der Waals surface area contributed by atoms with Gasteiger partial charge in [0.1, 0.15) is 5.82 Å². The number of halogens is 1. The van der Waals surface area contributed by atoms with E-state index in [1.165, 1.54) is 0 Å². The number of nitrogens with one attached hydrogen (secondary N) is 2. The highest BCUT2D eigenvalue weighted by Crippen LogP contribution is 2.13. The van der Waals surface area contributed by atoms with Crippen LogP contribution in [0.3, 0.4) is 0 Å². The highest BCUT2D eigenvalue weighted by atomic mass is 35.5. The third kappa shape index (κ3) is 5.15. The van der Waals surface area contributed by atoms with E-state index < -0.39 is 15.7 Å². The van der Waals surface area contributed by atoms with Gasteiger partial charge in [0.2, 0.25) is 0 Å². The maximum atomic E-state index is 12.1. The van der Waals surface area contributed by atoms with E-state index in [9.17, 15) is 13.2 Å². The van der Waals surface area contributed by atoms with Crippen molar-refractivity contribution in [3.63, 3.8) is 0 Å². The SMILES string of the molecule is O=C(NC1CCS(=O)(=O)C1)c1ccc(NCCc2cccc(Cl)c2)nn1. The summed E-state index contributed by atoms with van der Waals surface area (Å²) in [5.41, 5.74) is 1.27. The van der Waals surface area contributed by atoms with E-state index in [1.54, 1.807) is 12.1 Å². The smallest absolute Gasteiger partial charge is 0.272 e. The summed E-state index contributed by atoms with van der Waals surface area (Å²) >= 11 is 5.95. The van der Waals surface area contributed by atoms with E-state index in [0.29, 0.717) is 23.8 Å². The van der Waals surface area contributed by atoms with Crippen molar-refractivity contribution in [3.8, 4) is 0 Å². The highest BCUT2D eigenvalue weighted by Gasteiger charge is 2.29. The molecule has 3 rings (SSSR count). The molecule has 0 saturated carbocycles. The molecule has 9 heteroatoms. The minimum Gasteiger partial charge on any atom is -0.368 e. The number of aromatic nitrogens is 2. The number of hydrogen-bond donors (Lipinski definition) is 2. The number of benzene rings is 1. The molecule has 2 heterocycles. The third-order valence-electron chi connectivity index (χ3n) is 4.07. The standard InChI is InChI=1S/C17H19ClN4O3S/c18-13-3-1-2-12(10-13)6-8-19-16-5-4-15(21-22-16)17(23)20-14-7-9-26(24,25)11-14/h1-5,10,14H,6-9,11H2,(H,19,22)(H,20,23). The van der Waals surface area contributed by atoms with Gasteiger partial charge in [-0.25, -0.2) is 8.42 Å². The van der Waals surface area contributed by atoms with Crippen molar-refractivity contribution in [2.75, 3.05) is 23.4 Å². The fourth-order valence-electron chi connectivity index (χ4n) is 2.74. The number of nitrogens with zero attached hydrogens (tertiary/aromatic N) is 2. The summed E-state index contributed by atoms with van der Waals surface area (Å²) in [5.74, 6) is 0.242. The molecule has 1 aromatic carbocycles. The number of sulfone groups is 1. The van der Waals surface area contributed by atoms with E-state index in [1.807, 2.05) is 24.3 Å². The molecule has 1 amide bonds. The number of hydrogen-bond acceptors (Lipinski definition) is 6. The minimum atomic E-state index is -3.03. The van der Waals surface area contributed by atoms with Gasteiger partial charge < -0.3 is 10.6 Å². The predicted molar refractivity (Wildman–Crippen MR) is 100 cm³/mol. The maximum absolute atomic E-state index is 12.1. The molecule has 7 nitrogen and oxygen atoms in total. The zero-order chi connectivity index (χ0) is 18.6. The summed E-state index contributed by atoms with van der Waals surface area (Å²) < 4.78 is 22.9. The van der Waals surface area contributed by atoms with Crippen molar-refractivity contribution in [1.82, 2.24) is 15.5 Å². The number of amides is 1. The second-order valence-electron chi connectivity index (χ2n) is 6.18. The molecule has 1 aliphatic heterocycles. The van der Waals surface area contributed by atoms with Gasteiger partial charge in [0.05, 0.1) is 11.5 Å². The lowest BCUT2D eigenvalue weighted by Gasteiger charge is -2.10. The van der Waals surface area contributed by atoms with Crippen LogP contribution in [0.1, 0.15) is 22.5 Å². The van der Waals surface area contributed by atoms with Crippen molar-refractivity contribution in [1.29, 1.82) is 0 Å². The predicted octanol–water partition coefficient (Wildman–Crippen LogP) is 1.70. The van der Waals surface area contributed by atoms with Gasteiger partial charge in [-0.05, 0) is 42.7 Å². The van der Waals surface area contributed by atoms with E-state index >= 15 is 0 Å². The normalized spacial score (nSPS) is 18.4. The van der Waals surface area contributed by atoms with Crippen LogP contribution < -0.4 is 10.6 Å². The van der Waals surface area contributed by atoms with Crippen molar-refractivity contribution < 1.29 is 13.2 Å². The van der Waals surface area contributed by atoms with Crippen LogP contribution in [-0.2, 0) is 16.3 Å². The van der Waals surface area contributed by atoms with Crippen LogP contribution in [0.5, 0.6) is 0 Å². The number of rotatable bonds is 6. The first kappa shape index (κ1) is 18.6. The van der Waals surface area contributed by atoms with Crippen LogP contribution >= 0.6 is 11.6 Å². The molecule has 2 aromatic rings. The summed E-state index contributed by atoms with van der Waals surface area (Å²) in [7, 11) is -3.03. The lowest BCUT2D eigenvalue weighted by atomic mass is 10.1. The van der Waals surface area contributed by atoms with Crippen molar-refractivity contribution in [3.05, 3.63) is 52.7 Å². The Kier molecular flexibility index (Phi) is 5.73. The van der Waals surface area contributed by atoms with Crippen molar-refractivity contribution in [2.45, 2.75) is 18.9 Å². The van der Waals surface area contributed by atoms with Gasteiger partial charge in [-0.1, -0.05) is 23.7 Å². The fourth-order valence-corrected chi connectivity index (χ4v) is 4.63. The van der Waals surface area contributed by atoms with Gasteiger partial charge in [-0.15, -0.1) is 10.2 Å². The molecule has 0 spiro atoms. The first-order chi connectivity index (χ1) is 12.4. The Morgan fingerprint density at radius 2 is 2.08 bits per heavy atom. The summed E-state index contributed by atoms with van der Waals surface area (Å²) in [4.78, 5) is 12.1. The first-order valence-electron chi connectivity index (χ1n) is 8.25. The van der Waals surface area contributed by atoms with E-state index in [2.05, 4.69) is 20.8 Å². The zero-order valence-corrected chi connectivity index (χ0v) is 15.6. The third-order valence-corrected chi connectivity index (χ3v) is 6.08. The van der Waals surface area contributed by atoms with Crippen molar-refractivity contribution in [2.24, 2.45) is 0 Å². The van der Waals surface area contributed by atoms with E-state index in [0.717, 1.165) is 12.0 Å². The largest absolute Gasteiger partial charge is 0.368 e. The molecule has 1 saturated heterocycles. The van der Waals surface area contributed by atoms with E-state index in [4.69, 9.17) is 11.6 Å². The highest BCUT2D eigenvalue weighted by molar-refractivity contribution is 7.91. The molecule has 138 valence electrons. The van der Waals surface area contributed by atoms with Gasteiger partial charge in [0.25, 0.3) is 5.91 Å². The van der Waals surface area contributed by atoms with Crippen LogP contribution in [0, 0.1) is 0 Å². The van der Waals surface area contributed by atoms with Crippen LogP contribution in [0.15, 0.2) is 36.4 Å². The van der Waals surface area contributed by atoms with Gasteiger partial charge >= 0.3 is 0 Å². The fraction of sp³-hybridized carbons (Fsp3) is 0.353. The Balaban J connectivity index is 1.49. The summed E-state index contributed by atoms with van der Waals surface area (Å²) in [6.45, 7) is 0.653. The van der Waals surface area contributed by atoms with Gasteiger partial charge in [-0.3, -0.25) is 4.79 Å². The van der Waals surface area contributed by atoms with Crippen LogP contribution in [0.2, 0.25) is 5.02 Å². The van der Waals surface area contributed by atoms with Crippen LogP contribution in [-0.4, -0.2) is 48.6 Å². The Labute approximate surface area is 157 Å². The quantitative estimate of drug-likeness (QED) is 0.773. The molecule has 1 aromatic heterocycles. The lowest BCUT2D eigenvalue weighted by Crippen LogP contribution is -2.36. The number of carbonyl (C=O) groups excluding carboxylic acids is 1. The van der Waals surface area contributed by atoms with E-state index in [-0.39, 0.29) is 23.2 Å². The van der Waals surface area contributed by atoms with Crippen LogP contribution in [0.25, 0.3) is 0 Å². The second kappa shape index (κ2) is 8.01. The molecule has 26 heavy (non-hydrogen) atoms.